The zero-order valence-electron chi connectivity index (χ0n) is 7.29. The largest absolute Gasteiger partial charge is 0.374 e. The molecule has 0 amide bonds. The highest BCUT2D eigenvalue weighted by Crippen LogP contribution is 2.19. The molecule has 0 aliphatic rings. The van der Waals surface area contributed by atoms with Gasteiger partial charge in [0.25, 0.3) is 0 Å². The van der Waals surface area contributed by atoms with Gasteiger partial charge in [-0.05, 0) is 5.56 Å². The summed E-state index contributed by atoms with van der Waals surface area (Å²) in [5.41, 5.74) is 6.45. The van der Waals surface area contributed by atoms with Crippen LogP contribution in [0.4, 0.5) is 10.3 Å². The first-order chi connectivity index (χ1) is 6.84. The van der Waals surface area contributed by atoms with Crippen molar-refractivity contribution in [2.75, 3.05) is 5.73 Å². The number of nitrogen functional groups attached to an aromatic ring is 1. The van der Waals surface area contributed by atoms with Crippen molar-refractivity contribution in [3.8, 4) is 0 Å². The minimum atomic E-state index is 0.435. The minimum absolute atomic E-state index is 0.435. The molecule has 0 radical (unpaired) electrons. The second-order valence-corrected chi connectivity index (χ2v) is 3.58. The lowest BCUT2D eigenvalue weighted by atomic mass is 10.2. The van der Waals surface area contributed by atoms with Gasteiger partial charge in [-0.2, -0.15) is 0 Å². The number of aromatic nitrogens is 2. The molecule has 0 unspecified atom stereocenters. The van der Waals surface area contributed by atoms with Gasteiger partial charge in [-0.25, -0.2) is 4.99 Å². The summed E-state index contributed by atoms with van der Waals surface area (Å²) in [6.45, 7) is 0. The highest BCUT2D eigenvalue weighted by molar-refractivity contribution is 7.18. The third kappa shape index (κ3) is 2.14. The van der Waals surface area contributed by atoms with E-state index in [0.717, 1.165) is 5.56 Å². The molecule has 1 aromatic heterocycles. The Morgan fingerprint density at radius 1 is 1.21 bits per heavy atom. The van der Waals surface area contributed by atoms with Crippen molar-refractivity contribution in [2.45, 2.75) is 0 Å². The van der Waals surface area contributed by atoms with Gasteiger partial charge in [0.05, 0.1) is 0 Å². The van der Waals surface area contributed by atoms with Crippen molar-refractivity contribution in [3.05, 3.63) is 35.9 Å². The number of nitrogens with two attached hydrogens (primary N) is 1. The predicted molar refractivity (Wildman–Crippen MR) is 58.0 cm³/mol. The van der Waals surface area contributed by atoms with E-state index >= 15 is 0 Å². The van der Waals surface area contributed by atoms with Crippen LogP contribution in [-0.2, 0) is 0 Å². The molecule has 0 bridgehead atoms. The summed E-state index contributed by atoms with van der Waals surface area (Å²) in [6.07, 6.45) is 1.74. The van der Waals surface area contributed by atoms with E-state index in [9.17, 15) is 0 Å². The Morgan fingerprint density at radius 2 is 2.00 bits per heavy atom. The molecule has 14 heavy (non-hydrogen) atoms. The van der Waals surface area contributed by atoms with Crippen LogP contribution in [0.15, 0.2) is 35.3 Å². The SMILES string of the molecule is Nc1nnc(/N=C/c2ccccc2)s1. The summed E-state index contributed by atoms with van der Waals surface area (Å²) >= 11 is 1.26. The molecular weight excluding hydrogens is 196 g/mol. The molecule has 2 aromatic rings. The Hall–Kier alpha value is -1.75. The number of benzene rings is 1. The van der Waals surface area contributed by atoms with E-state index < -0.39 is 0 Å². The fourth-order valence-electron chi connectivity index (χ4n) is 0.947. The van der Waals surface area contributed by atoms with Crippen LogP contribution in [-0.4, -0.2) is 16.4 Å². The van der Waals surface area contributed by atoms with E-state index in [-0.39, 0.29) is 0 Å². The smallest absolute Gasteiger partial charge is 0.233 e. The monoisotopic (exact) mass is 204 g/mol. The molecule has 4 nitrogen and oxygen atoms in total. The van der Waals surface area contributed by atoms with Gasteiger partial charge in [-0.15, -0.1) is 10.2 Å². The molecule has 1 aromatic carbocycles. The standard InChI is InChI=1S/C9H8N4S/c10-8-12-13-9(14-8)11-6-7-4-2-1-3-5-7/h1-6H,(H2,10,12)/b11-6+. The van der Waals surface area contributed by atoms with Crippen LogP contribution >= 0.6 is 11.3 Å². The first-order valence-corrected chi connectivity index (χ1v) is 4.84. The highest BCUT2D eigenvalue weighted by Gasteiger charge is 1.95. The van der Waals surface area contributed by atoms with Gasteiger partial charge < -0.3 is 5.73 Å². The predicted octanol–water partition coefficient (Wildman–Crippen LogP) is 1.87. The van der Waals surface area contributed by atoms with Crippen molar-refractivity contribution < 1.29 is 0 Å². The van der Waals surface area contributed by atoms with Gasteiger partial charge in [0.1, 0.15) is 0 Å². The third-order valence-corrected chi connectivity index (χ3v) is 2.21. The average molecular weight is 204 g/mol. The van der Waals surface area contributed by atoms with Crippen LogP contribution in [0.2, 0.25) is 0 Å². The summed E-state index contributed by atoms with van der Waals surface area (Å²) in [4.78, 5) is 4.14. The maximum atomic E-state index is 5.42. The van der Waals surface area contributed by atoms with E-state index in [1.165, 1.54) is 11.3 Å². The number of rotatable bonds is 2. The summed E-state index contributed by atoms with van der Waals surface area (Å²) in [5.74, 6) is 0. The van der Waals surface area contributed by atoms with Gasteiger partial charge in [0.15, 0.2) is 0 Å². The molecule has 5 heteroatoms. The molecule has 0 saturated carbocycles. The Labute approximate surface area is 85.1 Å². The van der Waals surface area contributed by atoms with Crippen LogP contribution in [0.1, 0.15) is 5.56 Å². The van der Waals surface area contributed by atoms with Gasteiger partial charge >= 0.3 is 0 Å². The first-order valence-electron chi connectivity index (χ1n) is 4.03. The lowest BCUT2D eigenvalue weighted by molar-refractivity contribution is 1.09. The quantitative estimate of drug-likeness (QED) is 0.759. The average Bonchev–Trinajstić information content (AvgIpc) is 2.63. The van der Waals surface area contributed by atoms with Gasteiger partial charge in [0.2, 0.25) is 10.3 Å². The maximum Gasteiger partial charge on any atom is 0.233 e. The highest BCUT2D eigenvalue weighted by atomic mass is 32.1. The van der Waals surface area contributed by atoms with Gasteiger partial charge in [0, 0.05) is 6.21 Å². The number of nitrogens with zero attached hydrogens (tertiary/aromatic N) is 3. The number of hydrogen-bond donors (Lipinski definition) is 1. The molecule has 0 fully saturated rings. The zero-order valence-corrected chi connectivity index (χ0v) is 8.11. The van der Waals surface area contributed by atoms with E-state index in [1.807, 2.05) is 30.3 Å². The molecule has 1 heterocycles. The first kappa shape index (κ1) is 8.83. The normalized spacial score (nSPS) is 10.9. The van der Waals surface area contributed by atoms with Gasteiger partial charge in [-0.1, -0.05) is 41.7 Å². The number of anilines is 1. The lowest BCUT2D eigenvalue weighted by Crippen LogP contribution is -1.79. The summed E-state index contributed by atoms with van der Waals surface area (Å²) in [7, 11) is 0. The van der Waals surface area contributed by atoms with E-state index in [2.05, 4.69) is 15.2 Å². The Morgan fingerprint density at radius 3 is 2.64 bits per heavy atom. The van der Waals surface area contributed by atoms with Crippen molar-refractivity contribution >= 4 is 27.8 Å². The van der Waals surface area contributed by atoms with Crippen LogP contribution in [0.3, 0.4) is 0 Å². The number of aliphatic imine (C=N–C) groups is 1. The van der Waals surface area contributed by atoms with Crippen LogP contribution in [0.25, 0.3) is 0 Å². The molecule has 0 saturated heterocycles. The molecule has 0 aliphatic carbocycles. The van der Waals surface area contributed by atoms with Crippen molar-refractivity contribution in [2.24, 2.45) is 4.99 Å². The van der Waals surface area contributed by atoms with E-state index in [4.69, 9.17) is 5.73 Å². The molecule has 2 N–H and O–H groups in total. The van der Waals surface area contributed by atoms with Crippen molar-refractivity contribution in [3.63, 3.8) is 0 Å². The summed E-state index contributed by atoms with van der Waals surface area (Å²) < 4.78 is 0. The second-order valence-electron chi connectivity index (χ2n) is 2.59. The summed E-state index contributed by atoms with van der Waals surface area (Å²) in [5, 5.41) is 8.45. The fraction of sp³-hybridized carbons (Fsp3) is 0. The summed E-state index contributed by atoms with van der Waals surface area (Å²) in [6, 6.07) is 9.80. The van der Waals surface area contributed by atoms with Crippen LogP contribution in [0.5, 0.6) is 0 Å². The molecule has 0 aliphatic heterocycles. The second kappa shape index (κ2) is 3.97. The van der Waals surface area contributed by atoms with Crippen LogP contribution in [0, 0.1) is 0 Å². The van der Waals surface area contributed by atoms with Crippen molar-refractivity contribution in [1.82, 2.24) is 10.2 Å². The van der Waals surface area contributed by atoms with Crippen molar-refractivity contribution in [1.29, 1.82) is 0 Å². The zero-order chi connectivity index (χ0) is 9.80. The molecule has 0 atom stereocenters. The molecular formula is C9H8N4S. The van der Waals surface area contributed by atoms with E-state index in [0.29, 0.717) is 10.3 Å². The Balaban J connectivity index is 2.15. The molecule has 2 rings (SSSR count). The minimum Gasteiger partial charge on any atom is -0.374 e. The lowest BCUT2D eigenvalue weighted by Gasteiger charge is -1.87. The molecule has 0 spiro atoms. The Kier molecular flexibility index (Phi) is 2.51. The van der Waals surface area contributed by atoms with E-state index in [1.54, 1.807) is 6.21 Å². The fourth-order valence-corrected chi connectivity index (χ4v) is 1.40. The molecule has 70 valence electrons. The van der Waals surface area contributed by atoms with Gasteiger partial charge in [-0.3, -0.25) is 0 Å². The third-order valence-electron chi connectivity index (χ3n) is 1.55. The topological polar surface area (TPSA) is 64.2 Å². The maximum absolute atomic E-state index is 5.42. The number of hydrogen-bond acceptors (Lipinski definition) is 5. The Bertz CT molecular complexity index is 435. The van der Waals surface area contributed by atoms with Crippen LogP contribution < -0.4 is 5.73 Å².